The first-order chi connectivity index (χ1) is 17.1. The first kappa shape index (κ1) is 24.1. The summed E-state index contributed by atoms with van der Waals surface area (Å²) in [6.45, 7) is 10.2. The minimum atomic E-state index is -0.503. The van der Waals surface area contributed by atoms with Gasteiger partial charge in [0, 0.05) is 43.6 Å². The third kappa shape index (κ3) is 4.51. The molecule has 0 spiro atoms. The quantitative estimate of drug-likeness (QED) is 0.310. The Morgan fingerprint density at radius 2 is 1.75 bits per heavy atom. The number of hydrogen-bond donors (Lipinski definition) is 0. The van der Waals surface area contributed by atoms with E-state index in [2.05, 4.69) is 22.0 Å². The molecule has 186 valence electrons. The Kier molecular flexibility index (Phi) is 6.12. The van der Waals surface area contributed by atoms with Crippen molar-refractivity contribution in [2.24, 2.45) is 0 Å². The number of benzene rings is 2. The smallest absolute Gasteiger partial charge is 0.410 e. The fourth-order valence-electron chi connectivity index (χ4n) is 4.55. The number of aromatic nitrogens is 1. The number of aryl methyl sites for hydroxylation is 1. The molecule has 2 aromatic carbocycles. The van der Waals surface area contributed by atoms with Gasteiger partial charge in [0.25, 0.3) is 0 Å². The number of anilines is 1. The first-order valence-electron chi connectivity index (χ1n) is 12.0. The molecule has 7 nitrogen and oxygen atoms in total. The molecular weight excluding hydrogens is 478 g/mol. The van der Waals surface area contributed by atoms with Crippen LogP contribution in [0.5, 0.6) is 0 Å². The zero-order valence-electron chi connectivity index (χ0n) is 20.8. The number of halogens is 1. The van der Waals surface area contributed by atoms with E-state index in [-0.39, 0.29) is 17.0 Å². The van der Waals surface area contributed by atoms with Crippen molar-refractivity contribution in [3.63, 3.8) is 0 Å². The van der Waals surface area contributed by atoms with E-state index in [0.29, 0.717) is 34.7 Å². The molecule has 4 aromatic rings. The van der Waals surface area contributed by atoms with Gasteiger partial charge in [-0.1, -0.05) is 29.8 Å². The number of pyridine rings is 1. The minimum Gasteiger partial charge on any atom is -0.453 e. The van der Waals surface area contributed by atoms with Crippen LogP contribution in [-0.4, -0.2) is 47.8 Å². The molecule has 0 aliphatic carbocycles. The molecule has 1 saturated heterocycles. The summed E-state index contributed by atoms with van der Waals surface area (Å²) in [6.07, 6.45) is 1.42. The molecule has 1 aliphatic rings. The SMILES string of the molecule is Cc1cnc2c(=O)c3c(Cl)cccc3oc2c1-c1ccc(N2CCN(C(=O)OC(C)(C)C)CC2)cc1. The van der Waals surface area contributed by atoms with E-state index in [9.17, 15) is 9.59 Å². The highest BCUT2D eigenvalue weighted by Crippen LogP contribution is 2.34. The Bertz CT molecular complexity index is 1510. The molecule has 0 N–H and O–H groups in total. The summed E-state index contributed by atoms with van der Waals surface area (Å²) in [5, 5.41) is 0.693. The molecule has 1 amide bonds. The molecule has 3 heterocycles. The maximum atomic E-state index is 13.2. The predicted octanol–water partition coefficient (Wildman–Crippen LogP) is 6.03. The van der Waals surface area contributed by atoms with Crippen LogP contribution in [0.1, 0.15) is 26.3 Å². The van der Waals surface area contributed by atoms with Gasteiger partial charge in [0.2, 0.25) is 5.43 Å². The fourth-order valence-corrected chi connectivity index (χ4v) is 4.80. The average molecular weight is 506 g/mol. The highest BCUT2D eigenvalue weighted by atomic mass is 35.5. The van der Waals surface area contributed by atoms with Gasteiger partial charge in [0.15, 0.2) is 11.1 Å². The molecule has 2 aromatic heterocycles. The van der Waals surface area contributed by atoms with Crippen molar-refractivity contribution in [2.45, 2.75) is 33.3 Å². The average Bonchev–Trinajstić information content (AvgIpc) is 2.83. The molecule has 0 bridgehead atoms. The lowest BCUT2D eigenvalue weighted by Gasteiger charge is -2.36. The molecule has 0 saturated carbocycles. The third-order valence-electron chi connectivity index (χ3n) is 6.31. The van der Waals surface area contributed by atoms with E-state index in [1.165, 1.54) is 0 Å². The second-order valence-corrected chi connectivity index (χ2v) is 10.4. The number of amides is 1. The van der Waals surface area contributed by atoms with Crippen molar-refractivity contribution >= 4 is 45.5 Å². The number of ether oxygens (including phenoxy) is 1. The number of carbonyl (C=O) groups is 1. The van der Waals surface area contributed by atoms with Crippen LogP contribution in [0.3, 0.4) is 0 Å². The van der Waals surface area contributed by atoms with Gasteiger partial charge in [0.1, 0.15) is 11.2 Å². The van der Waals surface area contributed by atoms with Crippen molar-refractivity contribution in [2.75, 3.05) is 31.1 Å². The first-order valence-corrected chi connectivity index (χ1v) is 12.3. The summed E-state index contributed by atoms with van der Waals surface area (Å²) in [4.78, 5) is 33.9. The summed E-state index contributed by atoms with van der Waals surface area (Å²) in [7, 11) is 0. The normalized spacial score (nSPS) is 14.5. The van der Waals surface area contributed by atoms with E-state index in [0.717, 1.165) is 35.5 Å². The topological polar surface area (TPSA) is 75.9 Å². The van der Waals surface area contributed by atoms with Crippen molar-refractivity contribution in [3.8, 4) is 11.1 Å². The minimum absolute atomic E-state index is 0.238. The van der Waals surface area contributed by atoms with Crippen LogP contribution in [-0.2, 0) is 4.74 Å². The summed E-state index contributed by atoms with van der Waals surface area (Å²) in [5.41, 5.74) is 4.15. The number of carbonyl (C=O) groups excluding carboxylic acids is 1. The second kappa shape index (κ2) is 9.13. The van der Waals surface area contributed by atoms with Gasteiger partial charge in [-0.2, -0.15) is 0 Å². The Labute approximate surface area is 214 Å². The van der Waals surface area contributed by atoms with Gasteiger partial charge in [-0.15, -0.1) is 0 Å². The molecule has 1 aliphatic heterocycles. The molecule has 36 heavy (non-hydrogen) atoms. The predicted molar refractivity (Wildman–Crippen MR) is 143 cm³/mol. The fraction of sp³-hybridized carbons (Fsp3) is 0.321. The van der Waals surface area contributed by atoms with Crippen molar-refractivity contribution < 1.29 is 13.9 Å². The monoisotopic (exact) mass is 505 g/mol. The number of rotatable bonds is 2. The Morgan fingerprint density at radius 1 is 1.06 bits per heavy atom. The highest BCUT2D eigenvalue weighted by Gasteiger charge is 2.26. The number of hydrogen-bond acceptors (Lipinski definition) is 6. The van der Waals surface area contributed by atoms with Crippen molar-refractivity contribution in [1.29, 1.82) is 0 Å². The lowest BCUT2D eigenvalue weighted by Crippen LogP contribution is -2.50. The number of nitrogens with zero attached hydrogens (tertiary/aromatic N) is 3. The van der Waals surface area contributed by atoms with Crippen LogP contribution in [0.2, 0.25) is 5.02 Å². The molecule has 0 radical (unpaired) electrons. The van der Waals surface area contributed by atoms with E-state index >= 15 is 0 Å². The molecule has 1 fully saturated rings. The Balaban J connectivity index is 1.42. The number of fused-ring (bicyclic) bond motifs is 2. The number of piperazine rings is 1. The summed E-state index contributed by atoms with van der Waals surface area (Å²) in [5.74, 6) is 0. The van der Waals surface area contributed by atoms with Crippen molar-refractivity contribution in [1.82, 2.24) is 9.88 Å². The zero-order valence-corrected chi connectivity index (χ0v) is 21.6. The van der Waals surface area contributed by atoms with E-state index < -0.39 is 5.60 Å². The highest BCUT2D eigenvalue weighted by molar-refractivity contribution is 6.35. The van der Waals surface area contributed by atoms with Gasteiger partial charge in [-0.25, -0.2) is 9.78 Å². The van der Waals surface area contributed by atoms with Gasteiger partial charge < -0.3 is 19.0 Å². The maximum absolute atomic E-state index is 13.2. The van der Waals surface area contributed by atoms with Crippen molar-refractivity contribution in [3.05, 3.63) is 69.5 Å². The van der Waals surface area contributed by atoms with Crippen LogP contribution < -0.4 is 10.3 Å². The van der Waals surface area contributed by atoms with Crippen LogP contribution in [0, 0.1) is 6.92 Å². The van der Waals surface area contributed by atoms with Gasteiger partial charge in [0.05, 0.1) is 10.4 Å². The molecule has 8 heteroatoms. The molecular formula is C28H28ClN3O4. The summed E-state index contributed by atoms with van der Waals surface area (Å²) >= 11 is 6.28. The summed E-state index contributed by atoms with van der Waals surface area (Å²) < 4.78 is 11.7. The van der Waals surface area contributed by atoms with Gasteiger partial charge in [-0.3, -0.25) is 4.79 Å². The van der Waals surface area contributed by atoms with Crippen LogP contribution in [0.4, 0.5) is 10.5 Å². The van der Waals surface area contributed by atoms with Gasteiger partial charge >= 0.3 is 6.09 Å². The Morgan fingerprint density at radius 3 is 2.42 bits per heavy atom. The van der Waals surface area contributed by atoms with E-state index in [1.54, 1.807) is 29.3 Å². The second-order valence-electron chi connectivity index (χ2n) is 10.0. The molecule has 5 rings (SSSR count). The lowest BCUT2D eigenvalue weighted by atomic mass is 10.00. The van der Waals surface area contributed by atoms with E-state index in [4.69, 9.17) is 20.8 Å². The van der Waals surface area contributed by atoms with Crippen LogP contribution >= 0.6 is 11.6 Å². The van der Waals surface area contributed by atoms with Crippen LogP contribution in [0.25, 0.3) is 33.2 Å². The van der Waals surface area contributed by atoms with Crippen LogP contribution in [0.15, 0.2) is 57.9 Å². The lowest BCUT2D eigenvalue weighted by molar-refractivity contribution is 0.0240. The third-order valence-corrected chi connectivity index (χ3v) is 6.62. The Hall–Kier alpha value is -3.58. The maximum Gasteiger partial charge on any atom is 0.410 e. The van der Waals surface area contributed by atoms with E-state index in [1.807, 2.05) is 39.8 Å². The summed E-state index contributed by atoms with van der Waals surface area (Å²) in [6, 6.07) is 13.3. The standard InChI is InChI=1S/C28H28ClN3O4/c1-17-16-30-24-25(33)23-20(29)6-5-7-21(23)35-26(24)22(17)18-8-10-19(11-9-18)31-12-14-32(15-13-31)27(34)36-28(2,3)4/h5-11,16H,12-15H2,1-4H3. The largest absolute Gasteiger partial charge is 0.453 e. The molecule has 0 atom stereocenters. The zero-order chi connectivity index (χ0) is 25.6. The molecule has 0 unspecified atom stereocenters. The van der Waals surface area contributed by atoms with Gasteiger partial charge in [-0.05, 0) is 63.1 Å².